The van der Waals surface area contributed by atoms with E-state index in [-0.39, 0.29) is 18.0 Å². The molecule has 2 saturated heterocycles. The zero-order valence-electron chi connectivity index (χ0n) is 13.9. The molecule has 4 aliphatic rings. The Morgan fingerprint density at radius 3 is 2.86 bits per heavy atom. The Hall–Kier alpha value is -0.830. The number of hydrogen-bond acceptors (Lipinski definition) is 3. The van der Waals surface area contributed by atoms with Gasteiger partial charge in [-0.25, -0.2) is 0 Å². The monoisotopic (exact) mass is 303 g/mol. The molecule has 0 amide bonds. The lowest BCUT2D eigenvalue weighted by Gasteiger charge is -2.50. The molecule has 0 spiro atoms. The topological polar surface area (TPSA) is 29.5 Å². The molecule has 3 heteroatoms. The lowest BCUT2D eigenvalue weighted by Crippen LogP contribution is -2.45. The van der Waals surface area contributed by atoms with Crippen molar-refractivity contribution in [2.24, 2.45) is 23.2 Å². The van der Waals surface area contributed by atoms with Crippen molar-refractivity contribution >= 4 is 5.97 Å². The minimum Gasteiger partial charge on any atom is -0.462 e. The van der Waals surface area contributed by atoms with Gasteiger partial charge in [-0.2, -0.15) is 0 Å². The molecule has 2 heterocycles. The van der Waals surface area contributed by atoms with E-state index in [0.717, 1.165) is 32.5 Å². The van der Waals surface area contributed by atoms with Gasteiger partial charge in [-0.3, -0.25) is 4.79 Å². The van der Waals surface area contributed by atoms with Crippen molar-refractivity contribution in [2.75, 3.05) is 19.6 Å². The number of rotatable bonds is 2. The molecule has 0 bridgehead atoms. The molecule has 2 aliphatic heterocycles. The van der Waals surface area contributed by atoms with Crippen LogP contribution in [0.25, 0.3) is 0 Å². The SMILES string of the molecule is C=C1CCC[C@]2(C)C[C@@H]3OC(=O)[C@H](CN4CCCC4)[C@@H]3C[C@H]12. The van der Waals surface area contributed by atoms with Crippen molar-refractivity contribution in [1.82, 2.24) is 4.90 Å². The normalized spacial score (nSPS) is 45.5. The number of hydrogen-bond donors (Lipinski definition) is 0. The summed E-state index contributed by atoms with van der Waals surface area (Å²) in [5.74, 6) is 1.23. The molecule has 0 aromatic heterocycles. The van der Waals surface area contributed by atoms with Gasteiger partial charge in [0, 0.05) is 12.5 Å². The highest BCUT2D eigenvalue weighted by molar-refractivity contribution is 5.75. The summed E-state index contributed by atoms with van der Waals surface area (Å²) in [7, 11) is 0. The minimum atomic E-state index is 0.0785. The predicted octanol–water partition coefficient (Wildman–Crippen LogP) is 3.40. The Bertz CT molecular complexity index is 482. The number of nitrogens with zero attached hydrogens (tertiary/aromatic N) is 1. The van der Waals surface area contributed by atoms with Crippen molar-refractivity contribution in [3.8, 4) is 0 Å². The van der Waals surface area contributed by atoms with Gasteiger partial charge in [0.25, 0.3) is 0 Å². The van der Waals surface area contributed by atoms with Gasteiger partial charge in [0.15, 0.2) is 0 Å². The second-order valence-corrected chi connectivity index (χ2v) is 8.41. The van der Waals surface area contributed by atoms with Gasteiger partial charge < -0.3 is 9.64 Å². The molecule has 3 nitrogen and oxygen atoms in total. The maximum Gasteiger partial charge on any atom is 0.310 e. The lowest BCUT2D eigenvalue weighted by atomic mass is 9.55. The lowest BCUT2D eigenvalue weighted by molar-refractivity contribution is -0.146. The quantitative estimate of drug-likeness (QED) is 0.578. The van der Waals surface area contributed by atoms with Crippen LogP contribution < -0.4 is 0 Å². The summed E-state index contributed by atoms with van der Waals surface area (Å²) >= 11 is 0. The van der Waals surface area contributed by atoms with Crippen molar-refractivity contribution in [3.05, 3.63) is 12.2 Å². The summed E-state index contributed by atoms with van der Waals surface area (Å²) in [4.78, 5) is 14.9. The van der Waals surface area contributed by atoms with Crippen LogP contribution in [-0.4, -0.2) is 36.6 Å². The maximum absolute atomic E-state index is 12.4. The van der Waals surface area contributed by atoms with Crippen LogP contribution in [0.15, 0.2) is 12.2 Å². The van der Waals surface area contributed by atoms with E-state index in [2.05, 4.69) is 18.4 Å². The first-order valence-corrected chi connectivity index (χ1v) is 9.17. The highest BCUT2D eigenvalue weighted by atomic mass is 16.6. The molecule has 22 heavy (non-hydrogen) atoms. The molecule has 122 valence electrons. The Kier molecular flexibility index (Phi) is 3.60. The number of ether oxygens (including phenoxy) is 1. The zero-order valence-corrected chi connectivity index (χ0v) is 13.9. The summed E-state index contributed by atoms with van der Waals surface area (Å²) in [6.07, 6.45) is 8.65. The molecule has 2 aliphatic carbocycles. The van der Waals surface area contributed by atoms with Crippen LogP contribution >= 0.6 is 0 Å². The summed E-state index contributed by atoms with van der Waals surface area (Å²) in [5.41, 5.74) is 1.76. The van der Waals surface area contributed by atoms with Gasteiger partial charge in [-0.1, -0.05) is 19.1 Å². The molecular weight excluding hydrogens is 274 g/mol. The standard InChI is InChI=1S/C19H29NO2/c1-13-6-5-7-19(2)11-17-14(10-16(13)19)15(18(21)22-17)12-20-8-3-4-9-20/h14-17H,1,3-12H2,2H3/t14-,15+,16+,17-,19+/m0/s1. The van der Waals surface area contributed by atoms with Crippen molar-refractivity contribution in [3.63, 3.8) is 0 Å². The largest absolute Gasteiger partial charge is 0.462 e. The fourth-order valence-corrected chi connectivity index (χ4v) is 5.71. The van der Waals surface area contributed by atoms with Crippen LogP contribution in [0.3, 0.4) is 0 Å². The van der Waals surface area contributed by atoms with Gasteiger partial charge in [-0.05, 0) is 69.4 Å². The van der Waals surface area contributed by atoms with Crippen LogP contribution in [-0.2, 0) is 9.53 Å². The second kappa shape index (κ2) is 5.36. The molecule has 0 aromatic carbocycles. The molecule has 4 rings (SSSR count). The molecule has 0 radical (unpaired) electrons. The third kappa shape index (κ3) is 2.33. The van der Waals surface area contributed by atoms with Crippen molar-refractivity contribution in [1.29, 1.82) is 0 Å². The van der Waals surface area contributed by atoms with Crippen LogP contribution in [0.5, 0.6) is 0 Å². The Morgan fingerprint density at radius 1 is 1.32 bits per heavy atom. The molecule has 0 N–H and O–H groups in total. The van der Waals surface area contributed by atoms with E-state index >= 15 is 0 Å². The fourth-order valence-electron chi connectivity index (χ4n) is 5.71. The highest BCUT2D eigenvalue weighted by Crippen LogP contribution is 2.56. The third-order valence-corrected chi connectivity index (χ3v) is 6.97. The third-order valence-electron chi connectivity index (χ3n) is 6.97. The van der Waals surface area contributed by atoms with E-state index in [9.17, 15) is 4.79 Å². The highest BCUT2D eigenvalue weighted by Gasteiger charge is 2.55. The molecule has 5 atom stereocenters. The van der Waals surface area contributed by atoms with E-state index in [1.54, 1.807) is 0 Å². The van der Waals surface area contributed by atoms with Crippen molar-refractivity contribution in [2.45, 2.75) is 58.0 Å². The van der Waals surface area contributed by atoms with Crippen molar-refractivity contribution < 1.29 is 9.53 Å². The first-order chi connectivity index (χ1) is 10.6. The average molecular weight is 303 g/mol. The molecule has 0 unspecified atom stereocenters. The van der Waals surface area contributed by atoms with Crippen LogP contribution in [0.1, 0.15) is 51.9 Å². The van der Waals surface area contributed by atoms with E-state index in [1.807, 2.05) is 0 Å². The van der Waals surface area contributed by atoms with Crippen LogP contribution in [0.4, 0.5) is 0 Å². The first kappa shape index (κ1) is 14.7. The Balaban J connectivity index is 1.53. The fraction of sp³-hybridized carbons (Fsp3) is 0.842. The first-order valence-electron chi connectivity index (χ1n) is 9.17. The Morgan fingerprint density at radius 2 is 2.09 bits per heavy atom. The predicted molar refractivity (Wildman–Crippen MR) is 86.4 cm³/mol. The number of carbonyl (C=O) groups excluding carboxylic acids is 1. The average Bonchev–Trinajstić information content (AvgIpc) is 3.06. The smallest absolute Gasteiger partial charge is 0.310 e. The van der Waals surface area contributed by atoms with E-state index in [0.29, 0.717) is 17.3 Å². The van der Waals surface area contributed by atoms with Crippen LogP contribution in [0, 0.1) is 23.2 Å². The molecule has 0 aromatic rings. The molecule has 2 saturated carbocycles. The minimum absolute atomic E-state index is 0.0785. The summed E-state index contributed by atoms with van der Waals surface area (Å²) in [6, 6.07) is 0. The number of carbonyl (C=O) groups is 1. The number of esters is 1. The van der Waals surface area contributed by atoms with Crippen LogP contribution in [0.2, 0.25) is 0 Å². The van der Waals surface area contributed by atoms with Gasteiger partial charge >= 0.3 is 5.97 Å². The summed E-state index contributed by atoms with van der Waals surface area (Å²) in [6.45, 7) is 10.0. The maximum atomic E-state index is 12.4. The van der Waals surface area contributed by atoms with Gasteiger partial charge in [0.1, 0.15) is 6.10 Å². The molecular formula is C19H29NO2. The summed E-state index contributed by atoms with van der Waals surface area (Å²) in [5, 5.41) is 0. The zero-order chi connectivity index (χ0) is 15.3. The Labute approximate surface area is 134 Å². The van der Waals surface area contributed by atoms with Gasteiger partial charge in [0.2, 0.25) is 0 Å². The molecule has 4 fully saturated rings. The van der Waals surface area contributed by atoms with E-state index in [1.165, 1.54) is 37.7 Å². The van der Waals surface area contributed by atoms with Gasteiger partial charge in [0.05, 0.1) is 5.92 Å². The number of likely N-dealkylation sites (tertiary alicyclic amines) is 1. The number of fused-ring (bicyclic) bond motifs is 2. The van der Waals surface area contributed by atoms with E-state index in [4.69, 9.17) is 4.74 Å². The van der Waals surface area contributed by atoms with Gasteiger partial charge in [-0.15, -0.1) is 0 Å². The second-order valence-electron chi connectivity index (χ2n) is 8.41. The van der Waals surface area contributed by atoms with E-state index < -0.39 is 0 Å². The number of allylic oxidation sites excluding steroid dienone is 1. The summed E-state index contributed by atoms with van der Waals surface area (Å²) < 4.78 is 5.84.